The number of ether oxygens (including phenoxy) is 2. The summed E-state index contributed by atoms with van der Waals surface area (Å²) in [5.41, 5.74) is 0.659. The molecule has 0 aliphatic carbocycles. The van der Waals surface area contributed by atoms with Gasteiger partial charge in [0.1, 0.15) is 12.6 Å². The fraction of sp³-hybridized carbons (Fsp3) is 0.622. The Bertz CT molecular complexity index is 1520. The fourth-order valence-corrected chi connectivity index (χ4v) is 6.63. The van der Waals surface area contributed by atoms with E-state index >= 15 is 0 Å². The van der Waals surface area contributed by atoms with Gasteiger partial charge in [-0.3, -0.25) is 13.9 Å². The van der Waals surface area contributed by atoms with Crippen LogP contribution in [0.25, 0.3) is 22.0 Å². The Morgan fingerprint density at radius 1 is 0.766 bits per heavy atom. The number of hydrogen-bond donors (Lipinski definition) is 2. The Balaban J connectivity index is 1.64. The summed E-state index contributed by atoms with van der Waals surface area (Å²) in [7, 11) is -4.37. The van der Waals surface area contributed by atoms with Crippen molar-refractivity contribution in [2.75, 3.05) is 19.6 Å². The van der Waals surface area contributed by atoms with Crippen LogP contribution in [-0.2, 0) is 20.6 Å². The molecule has 10 heteroatoms. The van der Waals surface area contributed by atoms with Crippen LogP contribution in [0.2, 0.25) is 0 Å². The van der Waals surface area contributed by atoms with Gasteiger partial charge in [-0.15, -0.1) is 0 Å². The largest absolute Gasteiger partial charge is 0.367 e. The Morgan fingerprint density at radius 3 is 1.94 bits per heavy atom. The molecule has 1 aromatic heterocycles. The standard InChI is InChI=1S/C37H57N2O7P/c1-4-6-7-8-9-10-11-12-13-14-15-16-17-20-27-46-34(5-2)39-36(40)30(3)35(33-25-21-23-31-22-18-19-24-32(31)33)38(37(39)41)26-28-45-29-47(42,43)44/h18-19,21-25,34H,4-17,20,26-29H2,1-3H3,(H2,42,43,44). The third-order valence-electron chi connectivity index (χ3n) is 8.81. The number of aromatic nitrogens is 2. The first-order valence-corrected chi connectivity index (χ1v) is 19.6. The van der Waals surface area contributed by atoms with Gasteiger partial charge < -0.3 is 19.3 Å². The first kappa shape index (κ1) is 38.9. The van der Waals surface area contributed by atoms with Gasteiger partial charge in [-0.1, -0.05) is 140 Å². The van der Waals surface area contributed by atoms with Crippen LogP contribution in [0.1, 0.15) is 122 Å². The maximum atomic E-state index is 14.1. The van der Waals surface area contributed by atoms with Gasteiger partial charge in [0.05, 0.1) is 18.8 Å². The van der Waals surface area contributed by atoms with Gasteiger partial charge in [0.25, 0.3) is 5.56 Å². The third-order valence-corrected chi connectivity index (χ3v) is 9.33. The molecular formula is C37H57N2O7P. The van der Waals surface area contributed by atoms with Gasteiger partial charge in [-0.05, 0) is 30.5 Å². The molecule has 1 atom stereocenters. The van der Waals surface area contributed by atoms with E-state index in [2.05, 4.69) is 6.92 Å². The van der Waals surface area contributed by atoms with E-state index in [1.807, 2.05) is 49.4 Å². The highest BCUT2D eigenvalue weighted by Gasteiger charge is 2.24. The minimum Gasteiger partial charge on any atom is -0.367 e. The lowest BCUT2D eigenvalue weighted by molar-refractivity contribution is -0.00862. The van der Waals surface area contributed by atoms with E-state index in [1.165, 1.54) is 79.8 Å². The van der Waals surface area contributed by atoms with Gasteiger partial charge in [0, 0.05) is 17.7 Å². The molecule has 0 spiro atoms. The van der Waals surface area contributed by atoms with Crippen LogP contribution in [0.4, 0.5) is 0 Å². The van der Waals surface area contributed by atoms with Gasteiger partial charge >= 0.3 is 13.3 Å². The van der Waals surface area contributed by atoms with E-state index < -0.39 is 31.4 Å². The maximum absolute atomic E-state index is 14.1. The van der Waals surface area contributed by atoms with Crippen molar-refractivity contribution in [3.05, 3.63) is 68.9 Å². The molecule has 262 valence electrons. The summed E-state index contributed by atoms with van der Waals surface area (Å²) >= 11 is 0. The zero-order valence-electron chi connectivity index (χ0n) is 28.8. The minimum absolute atomic E-state index is 0.00784. The molecule has 0 aliphatic rings. The lowest BCUT2D eigenvalue weighted by Gasteiger charge is -2.24. The van der Waals surface area contributed by atoms with Crippen LogP contribution in [0, 0.1) is 6.92 Å². The Morgan fingerprint density at radius 2 is 1.34 bits per heavy atom. The number of rotatable bonds is 24. The van der Waals surface area contributed by atoms with E-state index in [4.69, 9.17) is 9.47 Å². The topological polar surface area (TPSA) is 120 Å². The molecule has 0 saturated heterocycles. The molecule has 47 heavy (non-hydrogen) atoms. The van der Waals surface area contributed by atoms with Crippen LogP contribution < -0.4 is 11.2 Å². The highest BCUT2D eigenvalue weighted by molar-refractivity contribution is 7.51. The van der Waals surface area contributed by atoms with Crippen LogP contribution in [0.3, 0.4) is 0 Å². The smallest absolute Gasteiger partial charge is 0.350 e. The number of unbranched alkanes of at least 4 members (excludes halogenated alkanes) is 13. The number of hydrogen-bond acceptors (Lipinski definition) is 5. The van der Waals surface area contributed by atoms with Gasteiger partial charge in [0.15, 0.2) is 0 Å². The molecular weight excluding hydrogens is 615 g/mol. The molecule has 3 rings (SSSR count). The van der Waals surface area contributed by atoms with Crippen molar-refractivity contribution < 1.29 is 23.8 Å². The monoisotopic (exact) mass is 672 g/mol. The minimum atomic E-state index is -4.37. The number of fused-ring (bicyclic) bond motifs is 1. The van der Waals surface area contributed by atoms with Crippen molar-refractivity contribution in [1.82, 2.24) is 9.13 Å². The zero-order chi connectivity index (χ0) is 34.1. The molecule has 0 aliphatic heterocycles. The van der Waals surface area contributed by atoms with Crippen molar-refractivity contribution in [2.45, 2.75) is 130 Å². The van der Waals surface area contributed by atoms with E-state index in [-0.39, 0.29) is 13.2 Å². The molecule has 0 bridgehead atoms. The Labute approximate surface area is 280 Å². The van der Waals surface area contributed by atoms with E-state index in [0.29, 0.717) is 24.3 Å². The van der Waals surface area contributed by atoms with Gasteiger partial charge in [-0.2, -0.15) is 0 Å². The average Bonchev–Trinajstić information content (AvgIpc) is 3.05. The first-order valence-electron chi connectivity index (χ1n) is 17.8. The van der Waals surface area contributed by atoms with Crippen molar-refractivity contribution in [2.24, 2.45) is 0 Å². The van der Waals surface area contributed by atoms with Gasteiger partial charge in [0.2, 0.25) is 0 Å². The zero-order valence-corrected chi connectivity index (χ0v) is 29.7. The molecule has 0 amide bonds. The normalized spacial score (nSPS) is 12.6. The van der Waals surface area contributed by atoms with Crippen LogP contribution in [0.15, 0.2) is 52.1 Å². The van der Waals surface area contributed by atoms with Crippen LogP contribution in [-0.4, -0.2) is 38.5 Å². The molecule has 1 unspecified atom stereocenters. The predicted octanol–water partition coefficient (Wildman–Crippen LogP) is 8.70. The summed E-state index contributed by atoms with van der Waals surface area (Å²) in [5, 5.41) is 1.86. The van der Waals surface area contributed by atoms with Gasteiger partial charge in [-0.25, -0.2) is 9.36 Å². The van der Waals surface area contributed by atoms with Crippen LogP contribution in [0.5, 0.6) is 0 Å². The Hall–Kier alpha value is -2.55. The highest BCUT2D eigenvalue weighted by Crippen LogP contribution is 2.34. The third kappa shape index (κ3) is 12.4. The number of nitrogens with zero attached hydrogens (tertiary/aromatic N) is 2. The summed E-state index contributed by atoms with van der Waals surface area (Å²) in [4.78, 5) is 46.4. The average molecular weight is 673 g/mol. The van der Waals surface area contributed by atoms with E-state index in [9.17, 15) is 23.9 Å². The molecule has 2 N–H and O–H groups in total. The molecule has 3 aromatic rings. The molecule has 0 saturated carbocycles. The number of benzene rings is 2. The molecule has 1 heterocycles. The molecule has 2 aromatic carbocycles. The van der Waals surface area contributed by atoms with Crippen LogP contribution >= 0.6 is 7.60 Å². The Kier molecular flexibility index (Phi) is 17.2. The lowest BCUT2D eigenvalue weighted by Crippen LogP contribution is -2.45. The SMILES string of the molecule is CCCCCCCCCCCCCCCCOC(CC)n1c(=O)c(C)c(-c2cccc3ccccc23)n(CCOCP(=O)(O)O)c1=O. The summed E-state index contributed by atoms with van der Waals surface area (Å²) in [6.45, 7) is 6.21. The second-order valence-electron chi connectivity index (χ2n) is 12.6. The summed E-state index contributed by atoms with van der Waals surface area (Å²) in [6, 6.07) is 13.5. The maximum Gasteiger partial charge on any atom is 0.350 e. The van der Waals surface area contributed by atoms with Crippen molar-refractivity contribution in [3.8, 4) is 11.3 Å². The van der Waals surface area contributed by atoms with Crippen molar-refractivity contribution in [3.63, 3.8) is 0 Å². The van der Waals surface area contributed by atoms with Crippen molar-refractivity contribution in [1.29, 1.82) is 0 Å². The summed E-state index contributed by atoms with van der Waals surface area (Å²) in [6.07, 6.45) is 16.7. The van der Waals surface area contributed by atoms with E-state index in [0.717, 1.165) is 35.6 Å². The lowest BCUT2D eigenvalue weighted by atomic mass is 9.99. The van der Waals surface area contributed by atoms with Crippen molar-refractivity contribution >= 4 is 18.4 Å². The first-order chi connectivity index (χ1) is 22.7. The molecule has 0 radical (unpaired) electrons. The van der Waals surface area contributed by atoms with E-state index in [1.54, 1.807) is 6.92 Å². The predicted molar refractivity (Wildman–Crippen MR) is 191 cm³/mol. The fourth-order valence-electron chi connectivity index (χ4n) is 6.27. The quantitative estimate of drug-likeness (QED) is 0.0722. The molecule has 0 fully saturated rings. The summed E-state index contributed by atoms with van der Waals surface area (Å²) in [5.74, 6) is 0. The summed E-state index contributed by atoms with van der Waals surface area (Å²) < 4.78 is 25.4. The molecule has 9 nitrogen and oxygen atoms in total. The second kappa shape index (κ2) is 20.7. The second-order valence-corrected chi connectivity index (χ2v) is 14.2. The highest BCUT2D eigenvalue weighted by atomic mass is 31.2.